The minimum absolute atomic E-state index is 0.0169. The Bertz CT molecular complexity index is 680. The van der Waals surface area contributed by atoms with Crippen LogP contribution in [0.4, 0.5) is 0 Å². The maximum atomic E-state index is 12.4. The number of benzene rings is 1. The summed E-state index contributed by atoms with van der Waals surface area (Å²) in [6.45, 7) is 3.97. The largest absolute Gasteiger partial charge is 0.481 e. The van der Waals surface area contributed by atoms with Gasteiger partial charge in [0.2, 0.25) is 0 Å². The fourth-order valence-corrected chi connectivity index (χ4v) is 2.43. The number of nitrogens with zero attached hydrogens (tertiary/aromatic N) is 2. The Balaban J connectivity index is 2.05. The molecular weight excluding hydrogens is 306 g/mol. The van der Waals surface area contributed by atoms with Crippen LogP contribution in [0.15, 0.2) is 42.7 Å². The lowest BCUT2D eigenvalue weighted by molar-refractivity contribution is -0.137. The first-order valence-electron chi connectivity index (χ1n) is 8.06. The summed E-state index contributed by atoms with van der Waals surface area (Å²) in [5.74, 6) is -1.09. The predicted octanol–water partition coefficient (Wildman–Crippen LogP) is 2.67. The Morgan fingerprint density at radius 1 is 1.25 bits per heavy atom. The van der Waals surface area contributed by atoms with Gasteiger partial charge in [-0.2, -0.15) is 5.10 Å². The third-order valence-corrected chi connectivity index (χ3v) is 3.76. The zero-order valence-corrected chi connectivity index (χ0v) is 14.0. The average Bonchev–Trinajstić information content (AvgIpc) is 3.04. The van der Waals surface area contributed by atoms with Gasteiger partial charge in [0, 0.05) is 24.7 Å². The van der Waals surface area contributed by atoms with Crippen LogP contribution in [0.2, 0.25) is 0 Å². The van der Waals surface area contributed by atoms with Crippen molar-refractivity contribution in [2.45, 2.75) is 45.2 Å². The number of hydrogen-bond donors (Lipinski definition) is 2. The van der Waals surface area contributed by atoms with E-state index >= 15 is 0 Å². The van der Waals surface area contributed by atoms with Crippen molar-refractivity contribution in [1.29, 1.82) is 0 Å². The van der Waals surface area contributed by atoms with Crippen LogP contribution in [-0.2, 0) is 11.2 Å². The molecule has 128 valence electrons. The van der Waals surface area contributed by atoms with E-state index < -0.39 is 5.97 Å². The number of nitrogens with one attached hydrogen (secondary N) is 1. The topological polar surface area (TPSA) is 84.2 Å². The second-order valence-electron chi connectivity index (χ2n) is 6.10. The highest BCUT2D eigenvalue weighted by molar-refractivity contribution is 5.93. The van der Waals surface area contributed by atoms with Gasteiger partial charge in [-0.05, 0) is 32.3 Å². The number of aromatic nitrogens is 2. The summed E-state index contributed by atoms with van der Waals surface area (Å²) in [4.78, 5) is 23.3. The van der Waals surface area contributed by atoms with Gasteiger partial charge >= 0.3 is 5.97 Å². The maximum absolute atomic E-state index is 12.4. The standard InChI is InChI=1S/C18H23N3O3/c1-13(2)21-12-15(11-19-21)18(24)20-16(8-9-17(22)23)10-14-6-4-3-5-7-14/h3-7,11-13,16H,8-10H2,1-2H3,(H,20,24)(H,22,23). The molecule has 6 nitrogen and oxygen atoms in total. The van der Waals surface area contributed by atoms with Gasteiger partial charge in [-0.3, -0.25) is 14.3 Å². The van der Waals surface area contributed by atoms with Gasteiger partial charge in [-0.25, -0.2) is 0 Å². The molecule has 1 heterocycles. The monoisotopic (exact) mass is 329 g/mol. The van der Waals surface area contributed by atoms with Crippen LogP contribution >= 0.6 is 0 Å². The van der Waals surface area contributed by atoms with Crippen molar-refractivity contribution < 1.29 is 14.7 Å². The first-order valence-corrected chi connectivity index (χ1v) is 8.06. The Hall–Kier alpha value is -2.63. The minimum atomic E-state index is -0.866. The van der Waals surface area contributed by atoms with Crippen LogP contribution < -0.4 is 5.32 Å². The second kappa shape index (κ2) is 8.29. The molecule has 1 amide bonds. The van der Waals surface area contributed by atoms with E-state index in [1.54, 1.807) is 10.9 Å². The molecule has 0 saturated heterocycles. The van der Waals surface area contributed by atoms with Crippen LogP contribution in [0, 0.1) is 0 Å². The van der Waals surface area contributed by atoms with Gasteiger partial charge in [0.15, 0.2) is 0 Å². The smallest absolute Gasteiger partial charge is 0.303 e. The molecule has 24 heavy (non-hydrogen) atoms. The van der Waals surface area contributed by atoms with E-state index in [0.29, 0.717) is 18.4 Å². The highest BCUT2D eigenvalue weighted by atomic mass is 16.4. The van der Waals surface area contributed by atoms with Gasteiger partial charge in [0.25, 0.3) is 5.91 Å². The summed E-state index contributed by atoms with van der Waals surface area (Å²) < 4.78 is 1.72. The van der Waals surface area contributed by atoms with Crippen molar-refractivity contribution in [3.05, 3.63) is 53.9 Å². The van der Waals surface area contributed by atoms with E-state index in [1.165, 1.54) is 6.20 Å². The third kappa shape index (κ3) is 5.22. The Morgan fingerprint density at radius 2 is 1.96 bits per heavy atom. The van der Waals surface area contributed by atoms with Gasteiger partial charge in [-0.15, -0.1) is 0 Å². The molecule has 0 spiro atoms. The van der Waals surface area contributed by atoms with E-state index in [0.717, 1.165) is 5.56 Å². The SMILES string of the molecule is CC(C)n1cc(C(=O)NC(CCC(=O)O)Cc2ccccc2)cn1. The van der Waals surface area contributed by atoms with Gasteiger partial charge in [-0.1, -0.05) is 30.3 Å². The van der Waals surface area contributed by atoms with Crippen LogP contribution in [0.3, 0.4) is 0 Å². The van der Waals surface area contributed by atoms with Gasteiger partial charge in [0.1, 0.15) is 0 Å². The van der Waals surface area contributed by atoms with E-state index in [-0.39, 0.29) is 24.4 Å². The summed E-state index contributed by atoms with van der Waals surface area (Å²) in [6.07, 6.45) is 4.23. The van der Waals surface area contributed by atoms with E-state index in [2.05, 4.69) is 10.4 Å². The van der Waals surface area contributed by atoms with Crippen LogP contribution in [0.25, 0.3) is 0 Å². The minimum Gasteiger partial charge on any atom is -0.481 e. The highest BCUT2D eigenvalue weighted by Crippen LogP contribution is 2.10. The van der Waals surface area contributed by atoms with E-state index in [4.69, 9.17) is 5.11 Å². The summed E-state index contributed by atoms with van der Waals surface area (Å²) in [5, 5.41) is 16.0. The highest BCUT2D eigenvalue weighted by Gasteiger charge is 2.17. The van der Waals surface area contributed by atoms with Crippen molar-refractivity contribution in [2.24, 2.45) is 0 Å². The number of carbonyl (C=O) groups is 2. The fourth-order valence-electron chi connectivity index (χ4n) is 2.43. The molecular formula is C18H23N3O3. The molecule has 1 unspecified atom stereocenters. The van der Waals surface area contributed by atoms with Gasteiger partial charge < -0.3 is 10.4 Å². The molecule has 0 saturated carbocycles. The normalized spacial score (nSPS) is 12.1. The molecule has 0 bridgehead atoms. The number of rotatable bonds is 8. The molecule has 0 fully saturated rings. The Morgan fingerprint density at radius 3 is 2.54 bits per heavy atom. The lowest BCUT2D eigenvalue weighted by Gasteiger charge is -2.18. The van der Waals surface area contributed by atoms with E-state index in [1.807, 2.05) is 44.2 Å². The third-order valence-electron chi connectivity index (χ3n) is 3.76. The first-order chi connectivity index (χ1) is 11.5. The molecule has 0 aliphatic heterocycles. The molecule has 2 N–H and O–H groups in total. The first kappa shape index (κ1) is 17.7. The lowest BCUT2D eigenvalue weighted by atomic mass is 10.0. The van der Waals surface area contributed by atoms with Crippen molar-refractivity contribution >= 4 is 11.9 Å². The maximum Gasteiger partial charge on any atom is 0.303 e. The molecule has 2 rings (SSSR count). The summed E-state index contributed by atoms with van der Waals surface area (Å²) >= 11 is 0. The average molecular weight is 329 g/mol. The Labute approximate surface area is 141 Å². The Kier molecular flexibility index (Phi) is 6.12. The second-order valence-corrected chi connectivity index (χ2v) is 6.10. The number of aliphatic carboxylic acids is 1. The molecule has 0 radical (unpaired) electrons. The quantitative estimate of drug-likeness (QED) is 0.780. The fraction of sp³-hybridized carbons (Fsp3) is 0.389. The molecule has 2 aromatic rings. The van der Waals surface area contributed by atoms with Crippen molar-refractivity contribution in [3.63, 3.8) is 0 Å². The van der Waals surface area contributed by atoms with Crippen LogP contribution in [0.1, 0.15) is 48.7 Å². The molecule has 6 heteroatoms. The zero-order valence-electron chi connectivity index (χ0n) is 14.0. The number of amides is 1. The summed E-state index contributed by atoms with van der Waals surface area (Å²) in [5.41, 5.74) is 1.54. The summed E-state index contributed by atoms with van der Waals surface area (Å²) in [7, 11) is 0. The molecule has 1 atom stereocenters. The number of carbonyl (C=O) groups excluding carboxylic acids is 1. The molecule has 0 aliphatic carbocycles. The predicted molar refractivity (Wildman–Crippen MR) is 90.9 cm³/mol. The summed E-state index contributed by atoms with van der Waals surface area (Å²) in [6, 6.07) is 9.66. The molecule has 1 aromatic heterocycles. The number of carboxylic acid groups (broad SMARTS) is 1. The van der Waals surface area contributed by atoms with Crippen molar-refractivity contribution in [3.8, 4) is 0 Å². The zero-order chi connectivity index (χ0) is 17.5. The number of hydrogen-bond acceptors (Lipinski definition) is 3. The molecule has 0 aliphatic rings. The molecule has 1 aromatic carbocycles. The number of carboxylic acids is 1. The van der Waals surface area contributed by atoms with Gasteiger partial charge in [0.05, 0.1) is 11.8 Å². The van der Waals surface area contributed by atoms with Crippen molar-refractivity contribution in [1.82, 2.24) is 15.1 Å². The van der Waals surface area contributed by atoms with Crippen molar-refractivity contribution in [2.75, 3.05) is 0 Å². The lowest BCUT2D eigenvalue weighted by Crippen LogP contribution is -2.36. The van der Waals surface area contributed by atoms with Crippen LogP contribution in [-0.4, -0.2) is 32.8 Å². The van der Waals surface area contributed by atoms with E-state index in [9.17, 15) is 9.59 Å². The van der Waals surface area contributed by atoms with Crippen LogP contribution in [0.5, 0.6) is 0 Å².